The molecule has 0 aromatic heterocycles. The molecular formula is C14H24FN3. The van der Waals surface area contributed by atoms with Crippen LogP contribution in [0.5, 0.6) is 0 Å². The Balaban J connectivity index is 0.000000771. The zero-order valence-corrected chi connectivity index (χ0v) is 11.2. The van der Waals surface area contributed by atoms with Crippen molar-refractivity contribution in [2.24, 2.45) is 5.73 Å². The normalized spacial score (nSPS) is 16.1. The van der Waals surface area contributed by atoms with E-state index in [0.29, 0.717) is 7.18 Å². The summed E-state index contributed by atoms with van der Waals surface area (Å²) in [5.74, 6) is 0. The van der Waals surface area contributed by atoms with E-state index in [1.54, 1.807) is 0 Å². The van der Waals surface area contributed by atoms with E-state index in [4.69, 9.17) is 5.73 Å². The largest absolute Gasteiger partial charge is 0.369 e. The Morgan fingerprint density at radius 1 is 1.06 bits per heavy atom. The van der Waals surface area contributed by atoms with Crippen LogP contribution in [0.15, 0.2) is 30.3 Å². The van der Waals surface area contributed by atoms with Crippen molar-refractivity contribution in [1.82, 2.24) is 4.90 Å². The second-order valence-corrected chi connectivity index (χ2v) is 4.31. The van der Waals surface area contributed by atoms with E-state index in [-0.39, 0.29) is 0 Å². The average Bonchev–Trinajstić information content (AvgIpc) is 2.49. The number of hydrogen-bond acceptors (Lipinski definition) is 3. The summed E-state index contributed by atoms with van der Waals surface area (Å²) in [4.78, 5) is 4.96. The van der Waals surface area contributed by atoms with Crippen LogP contribution in [-0.4, -0.2) is 51.3 Å². The summed E-state index contributed by atoms with van der Waals surface area (Å²) in [6.07, 6.45) is 1.12. The fraction of sp³-hybridized carbons (Fsp3) is 0.571. The molecule has 1 aromatic rings. The lowest BCUT2D eigenvalue weighted by Gasteiger charge is -2.36. The van der Waals surface area contributed by atoms with Gasteiger partial charge in [0.05, 0.1) is 7.18 Å². The zero-order valence-electron chi connectivity index (χ0n) is 11.2. The van der Waals surface area contributed by atoms with Gasteiger partial charge in [-0.2, -0.15) is 0 Å². The average molecular weight is 253 g/mol. The van der Waals surface area contributed by atoms with Gasteiger partial charge in [-0.05, 0) is 31.6 Å². The summed E-state index contributed by atoms with van der Waals surface area (Å²) in [6.45, 7) is 6.55. The molecule has 1 aliphatic heterocycles. The summed E-state index contributed by atoms with van der Waals surface area (Å²) in [5, 5.41) is 0. The SMILES string of the molecule is CF.NCCCN1CCN(c2ccccc2)CC1. The molecule has 1 heterocycles. The van der Waals surface area contributed by atoms with Crippen molar-refractivity contribution in [2.45, 2.75) is 6.42 Å². The number of hydrogen-bond donors (Lipinski definition) is 1. The molecule has 0 saturated carbocycles. The molecule has 3 nitrogen and oxygen atoms in total. The van der Waals surface area contributed by atoms with Crippen molar-refractivity contribution in [3.8, 4) is 0 Å². The molecule has 1 saturated heterocycles. The number of alkyl halides is 1. The van der Waals surface area contributed by atoms with Crippen molar-refractivity contribution in [3.05, 3.63) is 30.3 Å². The minimum atomic E-state index is 0.500. The Morgan fingerprint density at radius 3 is 2.22 bits per heavy atom. The van der Waals surface area contributed by atoms with Gasteiger partial charge in [0.15, 0.2) is 0 Å². The topological polar surface area (TPSA) is 32.5 Å². The molecule has 18 heavy (non-hydrogen) atoms. The summed E-state index contributed by atoms with van der Waals surface area (Å²) in [5.41, 5.74) is 6.88. The molecule has 4 heteroatoms. The molecule has 0 unspecified atom stereocenters. The molecular weight excluding hydrogens is 229 g/mol. The highest BCUT2D eigenvalue weighted by Crippen LogP contribution is 2.15. The number of halogens is 1. The lowest BCUT2D eigenvalue weighted by atomic mass is 10.2. The molecule has 1 fully saturated rings. The molecule has 2 N–H and O–H groups in total. The third-order valence-corrected chi connectivity index (χ3v) is 3.17. The van der Waals surface area contributed by atoms with E-state index in [0.717, 1.165) is 45.7 Å². The molecule has 2 rings (SSSR count). The van der Waals surface area contributed by atoms with Gasteiger partial charge in [0.2, 0.25) is 0 Å². The number of para-hydroxylation sites is 1. The molecule has 0 amide bonds. The predicted molar refractivity (Wildman–Crippen MR) is 75.8 cm³/mol. The lowest BCUT2D eigenvalue weighted by Crippen LogP contribution is -2.46. The van der Waals surface area contributed by atoms with Gasteiger partial charge in [-0.1, -0.05) is 18.2 Å². The molecule has 0 bridgehead atoms. The van der Waals surface area contributed by atoms with Crippen LogP contribution in [0.1, 0.15) is 6.42 Å². The van der Waals surface area contributed by atoms with Crippen molar-refractivity contribution in [1.29, 1.82) is 0 Å². The van der Waals surface area contributed by atoms with Crippen molar-refractivity contribution < 1.29 is 4.39 Å². The van der Waals surface area contributed by atoms with E-state index in [9.17, 15) is 4.39 Å². The highest BCUT2D eigenvalue weighted by atomic mass is 19.1. The summed E-state index contributed by atoms with van der Waals surface area (Å²) in [6, 6.07) is 10.7. The first kappa shape index (κ1) is 14.9. The summed E-state index contributed by atoms with van der Waals surface area (Å²) < 4.78 is 9.50. The molecule has 1 aliphatic rings. The van der Waals surface area contributed by atoms with Crippen LogP contribution < -0.4 is 10.6 Å². The lowest BCUT2D eigenvalue weighted by molar-refractivity contribution is 0.256. The third-order valence-electron chi connectivity index (χ3n) is 3.17. The minimum absolute atomic E-state index is 0.500. The Bertz CT molecular complexity index is 297. The van der Waals surface area contributed by atoms with Crippen LogP contribution in [0.25, 0.3) is 0 Å². The first-order chi connectivity index (χ1) is 8.90. The second kappa shape index (κ2) is 8.89. The van der Waals surface area contributed by atoms with Gasteiger partial charge in [-0.25, -0.2) is 0 Å². The number of rotatable bonds is 4. The quantitative estimate of drug-likeness (QED) is 0.887. The highest BCUT2D eigenvalue weighted by Gasteiger charge is 2.15. The fourth-order valence-corrected chi connectivity index (χ4v) is 2.18. The number of anilines is 1. The number of nitrogens with two attached hydrogens (primary N) is 1. The molecule has 0 spiro atoms. The van der Waals surface area contributed by atoms with Crippen LogP contribution in [0, 0.1) is 0 Å². The van der Waals surface area contributed by atoms with E-state index >= 15 is 0 Å². The van der Waals surface area contributed by atoms with Crippen LogP contribution in [0.2, 0.25) is 0 Å². The van der Waals surface area contributed by atoms with Gasteiger partial charge in [-0.3, -0.25) is 9.29 Å². The summed E-state index contributed by atoms with van der Waals surface area (Å²) >= 11 is 0. The first-order valence-corrected chi connectivity index (χ1v) is 6.50. The van der Waals surface area contributed by atoms with Crippen LogP contribution in [0.4, 0.5) is 10.1 Å². The highest BCUT2D eigenvalue weighted by molar-refractivity contribution is 5.46. The third kappa shape index (κ3) is 4.63. The second-order valence-electron chi connectivity index (χ2n) is 4.31. The predicted octanol–water partition coefficient (Wildman–Crippen LogP) is 1.74. The maximum atomic E-state index is 9.50. The number of nitrogens with zero attached hydrogens (tertiary/aromatic N) is 2. The number of piperazine rings is 1. The van der Waals surface area contributed by atoms with Crippen molar-refractivity contribution in [3.63, 3.8) is 0 Å². The van der Waals surface area contributed by atoms with Gasteiger partial charge in [-0.15, -0.1) is 0 Å². The van der Waals surface area contributed by atoms with Crippen molar-refractivity contribution in [2.75, 3.05) is 51.3 Å². The zero-order chi connectivity index (χ0) is 13.2. The van der Waals surface area contributed by atoms with E-state index in [1.807, 2.05) is 0 Å². The van der Waals surface area contributed by atoms with Gasteiger partial charge >= 0.3 is 0 Å². The Morgan fingerprint density at radius 2 is 1.67 bits per heavy atom. The fourth-order valence-electron chi connectivity index (χ4n) is 2.18. The standard InChI is InChI=1S/C13H21N3.CH3F/c14-7-4-8-15-9-11-16(12-10-15)13-5-2-1-3-6-13;1-2/h1-3,5-6H,4,7-12,14H2;1H3. The van der Waals surface area contributed by atoms with Gasteiger partial charge < -0.3 is 10.6 Å². The Hall–Kier alpha value is -1.13. The van der Waals surface area contributed by atoms with E-state index < -0.39 is 0 Å². The summed E-state index contributed by atoms with van der Waals surface area (Å²) in [7, 11) is 0.500. The van der Waals surface area contributed by atoms with Crippen LogP contribution in [-0.2, 0) is 0 Å². The molecule has 0 aliphatic carbocycles. The van der Waals surface area contributed by atoms with Gasteiger partial charge in [0.1, 0.15) is 0 Å². The maximum Gasteiger partial charge on any atom is 0.0785 e. The van der Waals surface area contributed by atoms with Crippen LogP contribution >= 0.6 is 0 Å². The van der Waals surface area contributed by atoms with Gasteiger partial charge in [0.25, 0.3) is 0 Å². The van der Waals surface area contributed by atoms with E-state index in [1.165, 1.54) is 5.69 Å². The Labute approximate surface area is 109 Å². The monoisotopic (exact) mass is 253 g/mol. The first-order valence-electron chi connectivity index (χ1n) is 6.50. The molecule has 1 aromatic carbocycles. The molecule has 0 atom stereocenters. The minimum Gasteiger partial charge on any atom is -0.369 e. The Kier molecular flexibility index (Phi) is 7.37. The molecule has 0 radical (unpaired) electrons. The van der Waals surface area contributed by atoms with Crippen LogP contribution in [0.3, 0.4) is 0 Å². The number of benzene rings is 1. The maximum absolute atomic E-state index is 9.50. The van der Waals surface area contributed by atoms with E-state index in [2.05, 4.69) is 40.1 Å². The van der Waals surface area contributed by atoms with Crippen molar-refractivity contribution >= 4 is 5.69 Å². The van der Waals surface area contributed by atoms with Gasteiger partial charge in [0, 0.05) is 31.9 Å². The smallest absolute Gasteiger partial charge is 0.0785 e. The molecule has 102 valence electrons.